The number of carbonyl (C=O) groups is 2. The van der Waals surface area contributed by atoms with Gasteiger partial charge in [0.1, 0.15) is 11.6 Å². The fourth-order valence-corrected chi connectivity index (χ4v) is 4.37. The van der Waals surface area contributed by atoms with Crippen molar-refractivity contribution in [3.05, 3.63) is 35.1 Å². The molecule has 0 spiro atoms. The van der Waals surface area contributed by atoms with Gasteiger partial charge in [0.25, 0.3) is 0 Å². The molecule has 2 fully saturated rings. The molecule has 2 aliphatic heterocycles. The van der Waals surface area contributed by atoms with E-state index in [-0.39, 0.29) is 17.9 Å². The zero-order valence-electron chi connectivity index (χ0n) is 16.3. The molecule has 4 rings (SSSR count). The van der Waals surface area contributed by atoms with E-state index in [9.17, 15) is 9.59 Å². The van der Waals surface area contributed by atoms with Crippen molar-refractivity contribution in [3.63, 3.8) is 0 Å². The van der Waals surface area contributed by atoms with Gasteiger partial charge in [-0.25, -0.2) is 0 Å². The van der Waals surface area contributed by atoms with E-state index < -0.39 is 0 Å². The summed E-state index contributed by atoms with van der Waals surface area (Å²) in [6.45, 7) is 6.48. The molecule has 2 aliphatic rings. The Balaban J connectivity index is 1.54. The third-order valence-corrected chi connectivity index (χ3v) is 6.14. The van der Waals surface area contributed by atoms with E-state index in [1.54, 1.807) is 6.26 Å². The fourth-order valence-electron chi connectivity index (χ4n) is 4.37. The van der Waals surface area contributed by atoms with Crippen LogP contribution in [0.3, 0.4) is 0 Å². The highest BCUT2D eigenvalue weighted by Crippen LogP contribution is 2.27. The number of hydrogen-bond acceptors (Lipinski definition) is 3. The lowest BCUT2D eigenvalue weighted by molar-refractivity contribution is -0.146. The first-order valence-electron chi connectivity index (χ1n) is 10.1. The van der Waals surface area contributed by atoms with Crippen molar-refractivity contribution in [2.45, 2.75) is 58.4 Å². The number of furan rings is 1. The third kappa shape index (κ3) is 3.47. The maximum Gasteiger partial charge on any atom is 0.245 e. The Morgan fingerprint density at radius 2 is 1.74 bits per heavy atom. The van der Waals surface area contributed by atoms with Gasteiger partial charge in [-0.1, -0.05) is 0 Å². The quantitative estimate of drug-likeness (QED) is 0.832. The molecule has 27 heavy (non-hydrogen) atoms. The smallest absolute Gasteiger partial charge is 0.245 e. The van der Waals surface area contributed by atoms with Gasteiger partial charge < -0.3 is 14.2 Å². The second-order valence-electron chi connectivity index (χ2n) is 8.00. The maximum atomic E-state index is 13.1. The van der Waals surface area contributed by atoms with Gasteiger partial charge in [0.2, 0.25) is 11.8 Å². The van der Waals surface area contributed by atoms with Crippen molar-refractivity contribution in [1.29, 1.82) is 0 Å². The van der Waals surface area contributed by atoms with E-state index in [4.69, 9.17) is 4.42 Å². The summed E-state index contributed by atoms with van der Waals surface area (Å²) >= 11 is 0. The Kier molecular flexibility index (Phi) is 4.94. The molecule has 0 saturated carbocycles. The summed E-state index contributed by atoms with van der Waals surface area (Å²) in [6, 6.07) is 3.84. The summed E-state index contributed by atoms with van der Waals surface area (Å²) in [6.07, 6.45) is 6.91. The van der Waals surface area contributed by atoms with Gasteiger partial charge in [0.15, 0.2) is 0 Å². The highest BCUT2D eigenvalue weighted by atomic mass is 16.3. The van der Waals surface area contributed by atoms with Crippen LogP contribution >= 0.6 is 0 Å². The van der Waals surface area contributed by atoms with Crippen LogP contribution in [0.15, 0.2) is 22.8 Å². The number of piperidine rings is 1. The van der Waals surface area contributed by atoms with Crippen LogP contribution in [0.5, 0.6) is 0 Å². The average Bonchev–Trinajstić information content (AvgIpc) is 3.33. The van der Waals surface area contributed by atoms with Crippen LogP contribution in [0.25, 0.3) is 11.0 Å². The fraction of sp³-hybridized carbons (Fsp3) is 0.545. The molecule has 1 atom stereocenters. The van der Waals surface area contributed by atoms with E-state index in [1.807, 2.05) is 15.9 Å². The number of rotatable bonds is 3. The minimum atomic E-state index is -0.286. The molecule has 5 heteroatoms. The average molecular weight is 368 g/mol. The van der Waals surface area contributed by atoms with Crippen molar-refractivity contribution >= 4 is 22.8 Å². The van der Waals surface area contributed by atoms with E-state index in [1.165, 1.54) is 11.1 Å². The predicted molar refractivity (Wildman–Crippen MR) is 105 cm³/mol. The Hall–Kier alpha value is -2.30. The zero-order valence-corrected chi connectivity index (χ0v) is 16.3. The molecule has 1 aromatic heterocycles. The number of nitrogens with zero attached hydrogens (tertiary/aromatic N) is 2. The molecule has 0 N–H and O–H groups in total. The number of likely N-dealkylation sites (tertiary alicyclic amines) is 2. The van der Waals surface area contributed by atoms with Crippen molar-refractivity contribution in [2.75, 3.05) is 19.6 Å². The van der Waals surface area contributed by atoms with E-state index >= 15 is 0 Å². The summed E-state index contributed by atoms with van der Waals surface area (Å²) in [5, 5.41) is 1.01. The monoisotopic (exact) mass is 368 g/mol. The standard InChI is InChI=1S/C22H28N2O3/c1-15-11-18-17(14-27-20(18)12-16(15)2)13-21(25)24-10-4-3-7-19(24)22(26)23-8-5-6-9-23/h11-12,14,19H,3-10,13H2,1-2H3/t19-/m1/s1. The zero-order chi connectivity index (χ0) is 19.0. The van der Waals surface area contributed by atoms with Gasteiger partial charge in [-0.05, 0) is 69.2 Å². The van der Waals surface area contributed by atoms with Crippen LogP contribution in [0.4, 0.5) is 0 Å². The number of amides is 2. The van der Waals surface area contributed by atoms with E-state index in [0.29, 0.717) is 13.0 Å². The second-order valence-corrected chi connectivity index (χ2v) is 8.00. The maximum absolute atomic E-state index is 13.1. The topological polar surface area (TPSA) is 53.8 Å². The normalized spacial score (nSPS) is 20.4. The van der Waals surface area contributed by atoms with Crippen LogP contribution in [0.1, 0.15) is 48.8 Å². The van der Waals surface area contributed by atoms with Crippen LogP contribution in [0.2, 0.25) is 0 Å². The van der Waals surface area contributed by atoms with Crippen molar-refractivity contribution < 1.29 is 14.0 Å². The first-order chi connectivity index (χ1) is 13.0. The molecular formula is C22H28N2O3. The number of carbonyl (C=O) groups excluding carboxylic acids is 2. The van der Waals surface area contributed by atoms with E-state index in [0.717, 1.165) is 61.7 Å². The van der Waals surface area contributed by atoms with Crippen molar-refractivity contribution in [3.8, 4) is 0 Å². The molecule has 1 aromatic carbocycles. The highest BCUT2D eigenvalue weighted by molar-refractivity contribution is 5.92. The molecule has 5 nitrogen and oxygen atoms in total. The molecular weight excluding hydrogens is 340 g/mol. The van der Waals surface area contributed by atoms with Crippen molar-refractivity contribution in [1.82, 2.24) is 9.80 Å². The Morgan fingerprint density at radius 3 is 2.52 bits per heavy atom. The van der Waals surface area contributed by atoms with Gasteiger partial charge in [-0.3, -0.25) is 9.59 Å². The van der Waals surface area contributed by atoms with Crippen LogP contribution in [-0.2, 0) is 16.0 Å². The summed E-state index contributed by atoms with van der Waals surface area (Å²) in [7, 11) is 0. The molecule has 2 saturated heterocycles. The molecule has 3 heterocycles. The SMILES string of the molecule is Cc1cc2occ(CC(=O)N3CCCC[C@@H]3C(=O)N3CCCC3)c2cc1C. The van der Waals surface area contributed by atoms with Gasteiger partial charge in [0.05, 0.1) is 12.7 Å². The number of hydrogen-bond donors (Lipinski definition) is 0. The van der Waals surface area contributed by atoms with Gasteiger partial charge in [-0.2, -0.15) is 0 Å². The minimum absolute atomic E-state index is 0.0353. The number of fused-ring (bicyclic) bond motifs is 1. The highest BCUT2D eigenvalue weighted by Gasteiger charge is 2.35. The van der Waals surface area contributed by atoms with Gasteiger partial charge >= 0.3 is 0 Å². The van der Waals surface area contributed by atoms with Gasteiger partial charge in [-0.15, -0.1) is 0 Å². The first kappa shape index (κ1) is 18.1. The Labute approximate surface area is 160 Å². The molecule has 0 aliphatic carbocycles. The summed E-state index contributed by atoms with van der Waals surface area (Å²) in [5.41, 5.74) is 4.11. The predicted octanol–water partition coefficient (Wildman–Crippen LogP) is 3.60. The lowest BCUT2D eigenvalue weighted by Crippen LogP contribution is -2.52. The van der Waals surface area contributed by atoms with E-state index in [2.05, 4.69) is 19.9 Å². The first-order valence-corrected chi connectivity index (χ1v) is 10.1. The molecule has 0 unspecified atom stereocenters. The number of aryl methyl sites for hydroxylation is 2. The van der Waals surface area contributed by atoms with Crippen LogP contribution in [-0.4, -0.2) is 47.3 Å². The summed E-state index contributed by atoms with van der Waals surface area (Å²) < 4.78 is 5.68. The lowest BCUT2D eigenvalue weighted by Gasteiger charge is -2.36. The Morgan fingerprint density at radius 1 is 1.04 bits per heavy atom. The number of benzene rings is 1. The molecule has 144 valence electrons. The van der Waals surface area contributed by atoms with Crippen molar-refractivity contribution in [2.24, 2.45) is 0 Å². The molecule has 2 aromatic rings. The minimum Gasteiger partial charge on any atom is -0.464 e. The lowest BCUT2D eigenvalue weighted by atomic mass is 9.99. The van der Waals surface area contributed by atoms with Crippen LogP contribution in [0, 0.1) is 13.8 Å². The molecule has 2 amide bonds. The largest absolute Gasteiger partial charge is 0.464 e. The Bertz CT molecular complexity index is 864. The third-order valence-electron chi connectivity index (χ3n) is 6.14. The summed E-state index contributed by atoms with van der Waals surface area (Å²) in [5.74, 6) is 0.178. The second kappa shape index (κ2) is 7.37. The molecule has 0 bridgehead atoms. The van der Waals surface area contributed by atoms with Crippen LogP contribution < -0.4 is 0 Å². The molecule has 0 radical (unpaired) electrons. The summed E-state index contributed by atoms with van der Waals surface area (Å²) in [4.78, 5) is 29.8. The van der Waals surface area contributed by atoms with Gasteiger partial charge in [0, 0.05) is 30.6 Å².